The topological polar surface area (TPSA) is 85.4 Å². The van der Waals surface area contributed by atoms with Gasteiger partial charge in [0.05, 0.1) is 19.1 Å². The van der Waals surface area contributed by atoms with E-state index in [1.165, 1.54) is 4.90 Å². The third-order valence-corrected chi connectivity index (χ3v) is 5.13. The van der Waals surface area contributed by atoms with Crippen LogP contribution in [0.2, 0.25) is 0 Å². The minimum absolute atomic E-state index is 0.0965. The zero-order valence-corrected chi connectivity index (χ0v) is 17.8. The molecule has 0 radical (unpaired) electrons. The molecule has 30 heavy (non-hydrogen) atoms. The Morgan fingerprint density at radius 1 is 1.07 bits per heavy atom. The van der Waals surface area contributed by atoms with Crippen LogP contribution < -0.4 is 0 Å². The van der Waals surface area contributed by atoms with Gasteiger partial charge in [-0.15, -0.1) is 0 Å². The van der Waals surface area contributed by atoms with E-state index < -0.39 is 29.6 Å². The van der Waals surface area contributed by atoms with Crippen molar-refractivity contribution in [3.8, 4) is 0 Å². The maximum atomic E-state index is 13.1. The first-order chi connectivity index (χ1) is 14.3. The number of ether oxygens (including phenoxy) is 3. The van der Waals surface area contributed by atoms with Crippen molar-refractivity contribution in [2.75, 3.05) is 32.8 Å². The number of likely N-dealkylation sites (tertiary alicyclic amines) is 1. The van der Waals surface area contributed by atoms with E-state index in [1.54, 1.807) is 25.7 Å². The van der Waals surface area contributed by atoms with Gasteiger partial charge in [-0.25, -0.2) is 9.59 Å². The van der Waals surface area contributed by atoms with Gasteiger partial charge in [0.15, 0.2) is 0 Å². The number of hydrogen-bond donors (Lipinski definition) is 0. The average Bonchev–Trinajstić information content (AvgIpc) is 3.17. The lowest BCUT2D eigenvalue weighted by molar-refractivity contribution is -0.164. The van der Waals surface area contributed by atoms with Crippen molar-refractivity contribution in [1.29, 1.82) is 0 Å². The molecule has 1 aromatic rings. The van der Waals surface area contributed by atoms with E-state index in [1.807, 2.05) is 30.3 Å². The SMILES string of the molecule is CC(C)(C)OC(=O)[C@@H]1[C@@H](C(=O)N2CCOCC2)CCN1C(=O)OCc1ccccc1. The summed E-state index contributed by atoms with van der Waals surface area (Å²) in [5.74, 6) is -1.38. The van der Waals surface area contributed by atoms with Crippen LogP contribution in [0.1, 0.15) is 32.8 Å². The first-order valence-electron chi connectivity index (χ1n) is 10.3. The van der Waals surface area contributed by atoms with Gasteiger partial charge in [-0.2, -0.15) is 0 Å². The smallest absolute Gasteiger partial charge is 0.410 e. The first-order valence-corrected chi connectivity index (χ1v) is 10.3. The highest BCUT2D eigenvalue weighted by atomic mass is 16.6. The second kappa shape index (κ2) is 9.47. The number of hydrogen-bond acceptors (Lipinski definition) is 6. The van der Waals surface area contributed by atoms with Crippen LogP contribution in [-0.2, 0) is 30.4 Å². The van der Waals surface area contributed by atoms with Gasteiger partial charge in [0.2, 0.25) is 5.91 Å². The van der Waals surface area contributed by atoms with Crippen molar-refractivity contribution in [2.45, 2.75) is 45.4 Å². The molecule has 2 fully saturated rings. The van der Waals surface area contributed by atoms with E-state index in [4.69, 9.17) is 14.2 Å². The number of carbonyl (C=O) groups excluding carboxylic acids is 3. The minimum Gasteiger partial charge on any atom is -0.458 e. The lowest BCUT2D eigenvalue weighted by Gasteiger charge is -2.33. The van der Waals surface area contributed by atoms with Crippen LogP contribution in [0.15, 0.2) is 30.3 Å². The fourth-order valence-corrected chi connectivity index (χ4v) is 3.73. The largest absolute Gasteiger partial charge is 0.458 e. The molecule has 0 N–H and O–H groups in total. The molecule has 8 nitrogen and oxygen atoms in total. The molecule has 0 bridgehead atoms. The van der Waals surface area contributed by atoms with Gasteiger partial charge < -0.3 is 19.1 Å². The summed E-state index contributed by atoms with van der Waals surface area (Å²) in [4.78, 5) is 41.9. The lowest BCUT2D eigenvalue weighted by atomic mass is 9.98. The number of amides is 2. The van der Waals surface area contributed by atoms with Crippen LogP contribution in [0, 0.1) is 5.92 Å². The van der Waals surface area contributed by atoms with Crippen LogP contribution >= 0.6 is 0 Å². The Morgan fingerprint density at radius 3 is 2.37 bits per heavy atom. The molecular formula is C22H30N2O6. The molecule has 3 rings (SSSR count). The highest BCUT2D eigenvalue weighted by Crippen LogP contribution is 2.30. The molecule has 0 unspecified atom stereocenters. The summed E-state index contributed by atoms with van der Waals surface area (Å²) in [7, 11) is 0. The molecule has 8 heteroatoms. The van der Waals surface area contributed by atoms with E-state index in [9.17, 15) is 14.4 Å². The summed E-state index contributed by atoms with van der Waals surface area (Å²) in [6.45, 7) is 7.54. The molecule has 2 atom stereocenters. The number of morpholine rings is 1. The Balaban J connectivity index is 1.74. The number of benzene rings is 1. The number of nitrogens with zero attached hydrogens (tertiary/aromatic N) is 2. The van der Waals surface area contributed by atoms with Crippen molar-refractivity contribution < 1.29 is 28.6 Å². The third kappa shape index (κ3) is 5.50. The summed E-state index contributed by atoms with van der Waals surface area (Å²) >= 11 is 0. The molecule has 164 valence electrons. The van der Waals surface area contributed by atoms with Gasteiger partial charge in [0, 0.05) is 19.6 Å². The third-order valence-electron chi connectivity index (χ3n) is 5.13. The van der Waals surface area contributed by atoms with Gasteiger partial charge in [-0.05, 0) is 32.8 Å². The average molecular weight is 418 g/mol. The van der Waals surface area contributed by atoms with E-state index in [0.29, 0.717) is 32.7 Å². The predicted octanol–water partition coefficient (Wildman–Crippen LogP) is 2.21. The highest BCUT2D eigenvalue weighted by Gasteiger charge is 2.49. The highest BCUT2D eigenvalue weighted by molar-refractivity contribution is 5.91. The normalized spacial score (nSPS) is 22.0. The maximum absolute atomic E-state index is 13.1. The second-order valence-electron chi connectivity index (χ2n) is 8.54. The lowest BCUT2D eigenvalue weighted by Crippen LogP contribution is -2.52. The van der Waals surface area contributed by atoms with Gasteiger partial charge in [0.25, 0.3) is 0 Å². The number of carbonyl (C=O) groups is 3. The van der Waals surface area contributed by atoms with Crippen LogP contribution in [0.4, 0.5) is 4.79 Å². The maximum Gasteiger partial charge on any atom is 0.410 e. The molecule has 2 aliphatic heterocycles. The summed E-state index contributed by atoms with van der Waals surface area (Å²) in [5, 5.41) is 0. The summed E-state index contributed by atoms with van der Waals surface area (Å²) in [6.07, 6.45) is -0.229. The summed E-state index contributed by atoms with van der Waals surface area (Å²) in [6, 6.07) is 8.31. The van der Waals surface area contributed by atoms with Gasteiger partial charge in [-0.3, -0.25) is 9.69 Å². The quantitative estimate of drug-likeness (QED) is 0.697. The molecule has 2 aliphatic rings. The Morgan fingerprint density at radius 2 is 1.73 bits per heavy atom. The van der Waals surface area contributed by atoms with Gasteiger partial charge >= 0.3 is 12.1 Å². The molecule has 2 amide bonds. The monoisotopic (exact) mass is 418 g/mol. The molecule has 0 saturated carbocycles. The van der Waals surface area contributed by atoms with Crippen molar-refractivity contribution in [3.63, 3.8) is 0 Å². The number of esters is 1. The Labute approximate surface area is 177 Å². The van der Waals surface area contributed by atoms with Crippen molar-refractivity contribution >= 4 is 18.0 Å². The fourth-order valence-electron chi connectivity index (χ4n) is 3.73. The zero-order valence-electron chi connectivity index (χ0n) is 17.8. The van der Waals surface area contributed by atoms with Crippen molar-refractivity contribution in [1.82, 2.24) is 9.80 Å². The second-order valence-corrected chi connectivity index (χ2v) is 8.54. The number of rotatable bonds is 4. The van der Waals surface area contributed by atoms with Gasteiger partial charge in [0.1, 0.15) is 18.2 Å². The Bertz CT molecular complexity index is 755. The zero-order chi connectivity index (χ0) is 21.7. The molecular weight excluding hydrogens is 388 g/mol. The first kappa shape index (κ1) is 22.1. The van der Waals surface area contributed by atoms with Crippen LogP contribution in [0.5, 0.6) is 0 Å². The van der Waals surface area contributed by atoms with Gasteiger partial charge in [-0.1, -0.05) is 30.3 Å². The van der Waals surface area contributed by atoms with E-state index >= 15 is 0 Å². The predicted molar refractivity (Wildman–Crippen MR) is 108 cm³/mol. The van der Waals surface area contributed by atoms with Crippen LogP contribution in [0.25, 0.3) is 0 Å². The molecule has 0 aromatic heterocycles. The molecule has 2 heterocycles. The minimum atomic E-state index is -0.997. The van der Waals surface area contributed by atoms with E-state index in [0.717, 1.165) is 5.56 Å². The Hall–Kier alpha value is -2.61. The molecule has 0 aliphatic carbocycles. The molecule has 2 saturated heterocycles. The molecule has 1 aromatic carbocycles. The Kier molecular flexibility index (Phi) is 6.97. The molecule has 0 spiro atoms. The van der Waals surface area contributed by atoms with Crippen LogP contribution in [0.3, 0.4) is 0 Å². The summed E-state index contributed by atoms with van der Waals surface area (Å²) in [5.41, 5.74) is 0.117. The fraction of sp³-hybridized carbons (Fsp3) is 0.591. The summed E-state index contributed by atoms with van der Waals surface area (Å²) < 4.78 is 16.3. The van der Waals surface area contributed by atoms with E-state index in [2.05, 4.69) is 0 Å². The van der Waals surface area contributed by atoms with Crippen molar-refractivity contribution in [3.05, 3.63) is 35.9 Å². The van der Waals surface area contributed by atoms with Crippen LogP contribution in [-0.4, -0.2) is 72.3 Å². The van der Waals surface area contributed by atoms with E-state index in [-0.39, 0.29) is 19.1 Å². The standard InChI is InChI=1S/C22H30N2O6/c1-22(2,3)30-20(26)18-17(19(25)23-11-13-28-14-12-23)9-10-24(18)21(27)29-15-16-7-5-4-6-8-16/h4-8,17-18H,9-15H2,1-3H3/t17-,18-/m0/s1. The van der Waals surface area contributed by atoms with Crippen molar-refractivity contribution in [2.24, 2.45) is 5.92 Å².